The summed E-state index contributed by atoms with van der Waals surface area (Å²) in [6.07, 6.45) is 13.2. The van der Waals surface area contributed by atoms with Crippen LogP contribution in [0.3, 0.4) is 0 Å². The fourth-order valence-electron chi connectivity index (χ4n) is 6.23. The second-order valence-corrected chi connectivity index (χ2v) is 10.4. The topological polar surface area (TPSA) is 65.5 Å². The van der Waals surface area contributed by atoms with Gasteiger partial charge in [0, 0.05) is 36.1 Å². The first-order valence-corrected chi connectivity index (χ1v) is 13.3. The fraction of sp³-hybridized carbons (Fsp3) is 0.607. The second-order valence-electron chi connectivity index (χ2n) is 10.4. The lowest BCUT2D eigenvalue weighted by atomic mass is 9.94. The molecule has 2 aromatic rings. The average Bonchev–Trinajstić information content (AvgIpc) is 3.21. The number of benzene rings is 1. The van der Waals surface area contributed by atoms with Crippen molar-refractivity contribution >= 4 is 22.7 Å². The summed E-state index contributed by atoms with van der Waals surface area (Å²) in [5.74, 6) is -0.0794. The third-order valence-corrected chi connectivity index (χ3v) is 8.20. The van der Waals surface area contributed by atoms with Crippen molar-refractivity contribution < 1.29 is 9.59 Å². The first-order chi connectivity index (χ1) is 16.6. The molecule has 1 aliphatic heterocycles. The number of fused-ring (bicyclic) bond motifs is 2. The highest BCUT2D eigenvalue weighted by molar-refractivity contribution is 6.11. The molecule has 0 bridgehead atoms. The van der Waals surface area contributed by atoms with Crippen molar-refractivity contribution in [3.63, 3.8) is 0 Å². The van der Waals surface area contributed by atoms with Gasteiger partial charge in [-0.05, 0) is 51.8 Å². The van der Waals surface area contributed by atoms with Crippen LogP contribution in [-0.2, 0) is 6.54 Å². The minimum atomic E-state index is -0.0755. The average molecular weight is 463 g/mol. The molecule has 2 aliphatic carbocycles. The molecule has 0 atom stereocenters. The predicted octanol–water partition coefficient (Wildman–Crippen LogP) is 4.91. The Balaban J connectivity index is 1.31. The summed E-state index contributed by atoms with van der Waals surface area (Å²) in [7, 11) is 2.21. The number of carbonyl (C=O) groups is 2. The number of aromatic nitrogens is 1. The van der Waals surface area contributed by atoms with Crippen LogP contribution in [0.5, 0.6) is 0 Å². The third-order valence-electron chi connectivity index (χ3n) is 8.20. The van der Waals surface area contributed by atoms with Gasteiger partial charge < -0.3 is 15.1 Å². The number of hydrogen-bond acceptors (Lipinski definition) is 4. The zero-order chi connectivity index (χ0) is 23.5. The number of rotatable bonds is 7. The standard InChI is InChI=1S/C28H38N4O2/c1-31(20-11-4-2-5-12-20)18-10-17-29-27(33)25-22-15-8-9-16-24(22)30-26-23(25)19-32(28(26)34)21-13-6-3-7-14-21/h8-9,15-16,20-21H,2-7,10-14,17-19H2,1H3,(H,29,33). The number of para-hydroxylation sites is 1. The van der Waals surface area contributed by atoms with Crippen LogP contribution in [0, 0.1) is 0 Å². The summed E-state index contributed by atoms with van der Waals surface area (Å²) in [6.45, 7) is 2.14. The quantitative estimate of drug-likeness (QED) is 0.594. The summed E-state index contributed by atoms with van der Waals surface area (Å²) in [5.41, 5.74) is 2.66. The van der Waals surface area contributed by atoms with Crippen LogP contribution >= 0.6 is 0 Å². The number of hydrogen-bond donors (Lipinski definition) is 1. The van der Waals surface area contributed by atoms with E-state index in [4.69, 9.17) is 4.98 Å². The lowest BCUT2D eigenvalue weighted by molar-refractivity contribution is 0.0655. The van der Waals surface area contributed by atoms with Gasteiger partial charge in [0.1, 0.15) is 5.69 Å². The van der Waals surface area contributed by atoms with Crippen LogP contribution in [-0.4, -0.2) is 58.8 Å². The smallest absolute Gasteiger partial charge is 0.273 e. The second kappa shape index (κ2) is 10.4. The van der Waals surface area contributed by atoms with E-state index in [2.05, 4.69) is 17.3 Å². The minimum absolute atomic E-state index is 0.00388. The molecule has 3 aliphatic rings. The van der Waals surface area contributed by atoms with Crippen LogP contribution in [0.25, 0.3) is 10.9 Å². The Morgan fingerprint density at radius 1 is 1.06 bits per heavy atom. The molecule has 1 aromatic carbocycles. The highest BCUT2D eigenvalue weighted by Crippen LogP contribution is 2.34. The lowest BCUT2D eigenvalue weighted by Crippen LogP contribution is -2.37. The Morgan fingerprint density at radius 3 is 2.53 bits per heavy atom. The molecular formula is C28H38N4O2. The monoisotopic (exact) mass is 462 g/mol. The van der Waals surface area contributed by atoms with Gasteiger partial charge in [0.05, 0.1) is 11.1 Å². The van der Waals surface area contributed by atoms with E-state index < -0.39 is 0 Å². The molecule has 6 nitrogen and oxygen atoms in total. The van der Waals surface area contributed by atoms with E-state index in [1.807, 2.05) is 29.2 Å². The van der Waals surface area contributed by atoms with E-state index in [9.17, 15) is 9.59 Å². The number of carbonyl (C=O) groups excluding carboxylic acids is 2. The number of nitrogens with one attached hydrogen (secondary N) is 1. The van der Waals surface area contributed by atoms with E-state index in [0.29, 0.717) is 30.4 Å². The summed E-state index contributed by atoms with van der Waals surface area (Å²) in [4.78, 5) is 36.0. The van der Waals surface area contributed by atoms with Crippen molar-refractivity contribution in [2.24, 2.45) is 0 Å². The van der Waals surface area contributed by atoms with Crippen molar-refractivity contribution in [3.8, 4) is 0 Å². The minimum Gasteiger partial charge on any atom is -0.352 e. The van der Waals surface area contributed by atoms with Gasteiger partial charge in [0.15, 0.2) is 0 Å². The molecule has 2 heterocycles. The molecule has 182 valence electrons. The first-order valence-electron chi connectivity index (χ1n) is 13.3. The van der Waals surface area contributed by atoms with Crippen LogP contribution < -0.4 is 5.32 Å². The summed E-state index contributed by atoms with van der Waals surface area (Å²) in [5, 5.41) is 4.01. The van der Waals surface area contributed by atoms with Gasteiger partial charge in [-0.3, -0.25) is 9.59 Å². The summed E-state index contributed by atoms with van der Waals surface area (Å²) in [6, 6.07) is 8.69. The van der Waals surface area contributed by atoms with E-state index in [1.54, 1.807) is 0 Å². The van der Waals surface area contributed by atoms with Gasteiger partial charge in [-0.1, -0.05) is 56.7 Å². The maximum atomic E-state index is 13.5. The largest absolute Gasteiger partial charge is 0.352 e. The Bertz CT molecular complexity index is 1040. The van der Waals surface area contributed by atoms with Gasteiger partial charge in [-0.15, -0.1) is 0 Å². The molecule has 2 fully saturated rings. The molecule has 6 heteroatoms. The van der Waals surface area contributed by atoms with Gasteiger partial charge in [0.2, 0.25) is 0 Å². The fourth-order valence-corrected chi connectivity index (χ4v) is 6.23. The van der Waals surface area contributed by atoms with Crippen molar-refractivity contribution in [1.82, 2.24) is 20.1 Å². The number of nitrogens with zero attached hydrogens (tertiary/aromatic N) is 3. The molecule has 0 saturated heterocycles. The lowest BCUT2D eigenvalue weighted by Gasteiger charge is -2.31. The number of amides is 2. The predicted molar refractivity (Wildman–Crippen MR) is 135 cm³/mol. The molecule has 2 saturated carbocycles. The van der Waals surface area contributed by atoms with Crippen LogP contribution in [0.4, 0.5) is 0 Å². The van der Waals surface area contributed by atoms with E-state index >= 15 is 0 Å². The van der Waals surface area contributed by atoms with Crippen molar-refractivity contribution in [1.29, 1.82) is 0 Å². The van der Waals surface area contributed by atoms with Crippen molar-refractivity contribution in [2.75, 3.05) is 20.1 Å². The Kier molecular flexibility index (Phi) is 7.14. The summed E-state index contributed by atoms with van der Waals surface area (Å²) >= 11 is 0. The zero-order valence-electron chi connectivity index (χ0n) is 20.5. The molecule has 5 rings (SSSR count). The molecule has 0 radical (unpaired) electrons. The molecule has 0 spiro atoms. The van der Waals surface area contributed by atoms with Crippen LogP contribution in [0.1, 0.15) is 97.0 Å². The molecule has 1 N–H and O–H groups in total. The maximum absolute atomic E-state index is 13.5. The Morgan fingerprint density at radius 2 is 1.76 bits per heavy atom. The van der Waals surface area contributed by atoms with Gasteiger partial charge in [-0.25, -0.2) is 4.98 Å². The van der Waals surface area contributed by atoms with Crippen LogP contribution in [0.15, 0.2) is 24.3 Å². The van der Waals surface area contributed by atoms with E-state index in [0.717, 1.165) is 42.3 Å². The zero-order valence-corrected chi connectivity index (χ0v) is 20.5. The molecular weight excluding hydrogens is 424 g/mol. The van der Waals surface area contributed by atoms with Crippen molar-refractivity contribution in [3.05, 3.63) is 41.1 Å². The third kappa shape index (κ3) is 4.70. The summed E-state index contributed by atoms with van der Waals surface area (Å²) < 4.78 is 0. The highest BCUT2D eigenvalue weighted by atomic mass is 16.2. The molecule has 0 unspecified atom stereocenters. The van der Waals surface area contributed by atoms with Crippen LogP contribution in [0.2, 0.25) is 0 Å². The first kappa shape index (κ1) is 23.3. The SMILES string of the molecule is CN(CCCNC(=O)c1c2c(nc3ccccc13)C(=O)N(C1CCCCC1)C2)C1CCCCC1. The number of pyridine rings is 1. The van der Waals surface area contributed by atoms with Gasteiger partial charge >= 0.3 is 0 Å². The van der Waals surface area contributed by atoms with Crippen molar-refractivity contribution in [2.45, 2.75) is 89.3 Å². The molecule has 2 amide bonds. The highest BCUT2D eigenvalue weighted by Gasteiger charge is 2.38. The van der Waals surface area contributed by atoms with E-state index in [-0.39, 0.29) is 17.9 Å². The van der Waals surface area contributed by atoms with Gasteiger partial charge in [0.25, 0.3) is 11.8 Å². The van der Waals surface area contributed by atoms with E-state index in [1.165, 1.54) is 51.4 Å². The Hall–Kier alpha value is -2.47. The molecule has 34 heavy (non-hydrogen) atoms. The van der Waals surface area contributed by atoms with Gasteiger partial charge in [-0.2, -0.15) is 0 Å². The molecule has 1 aromatic heterocycles. The Labute approximate surface area is 203 Å². The maximum Gasteiger partial charge on any atom is 0.273 e. The normalized spacial score (nSPS) is 19.7.